The first-order valence-corrected chi connectivity index (χ1v) is 4.99. The van der Waals surface area contributed by atoms with Crippen LogP contribution in [0.4, 0.5) is 0 Å². The smallest absolute Gasteiger partial charge is 0.345 e. The standard InChI is InChI=1S/C5H10INO3/c1-6-10-5(8)4(3-7)9-2/h4H,1,3,7H2,2H3. The number of nitrogens with two attached hydrogens (primary N) is 1. The number of carbonyl (C=O) groups is 1. The SMILES string of the molecule is C=IOC(=O)C(CN)OC. The summed E-state index contributed by atoms with van der Waals surface area (Å²) in [7, 11) is 1.42. The van der Waals surface area contributed by atoms with E-state index in [1.165, 1.54) is 7.11 Å². The highest BCUT2D eigenvalue weighted by atomic mass is 127. The molecule has 0 spiro atoms. The van der Waals surface area contributed by atoms with Gasteiger partial charge < -0.3 is 13.5 Å². The molecule has 0 aromatic rings. The molecule has 0 heterocycles. The quantitative estimate of drug-likeness (QED) is 0.711. The highest BCUT2D eigenvalue weighted by Gasteiger charge is 2.15. The number of carbonyl (C=O) groups excluding carboxylic acids is 1. The van der Waals surface area contributed by atoms with Crippen LogP contribution in [0.2, 0.25) is 0 Å². The zero-order chi connectivity index (χ0) is 7.98. The van der Waals surface area contributed by atoms with Gasteiger partial charge in [-0.1, -0.05) is 0 Å². The Morgan fingerprint density at radius 3 is 2.80 bits per heavy atom. The molecule has 0 saturated heterocycles. The Bertz CT molecular complexity index is 124. The molecule has 0 amide bonds. The zero-order valence-electron chi connectivity index (χ0n) is 5.67. The van der Waals surface area contributed by atoms with E-state index in [1.807, 2.05) is 0 Å². The predicted molar refractivity (Wildman–Crippen MR) is 47.1 cm³/mol. The van der Waals surface area contributed by atoms with Crippen LogP contribution in [0.1, 0.15) is 0 Å². The third kappa shape index (κ3) is 3.23. The molecule has 0 fully saturated rings. The van der Waals surface area contributed by atoms with Gasteiger partial charge in [-0.3, -0.25) is 0 Å². The van der Waals surface area contributed by atoms with E-state index in [2.05, 4.69) is 7.58 Å². The van der Waals surface area contributed by atoms with Crippen LogP contribution in [0.5, 0.6) is 0 Å². The molecule has 0 aliphatic heterocycles. The molecule has 10 heavy (non-hydrogen) atoms. The predicted octanol–water partition coefficient (Wildman–Crippen LogP) is -0.179. The lowest BCUT2D eigenvalue weighted by atomic mass is 10.4. The summed E-state index contributed by atoms with van der Waals surface area (Å²) in [4.78, 5) is 10.8. The average Bonchev–Trinajstić information content (AvgIpc) is 1.91. The number of hydrogen-bond acceptors (Lipinski definition) is 4. The van der Waals surface area contributed by atoms with Crippen LogP contribution < -0.4 is 5.73 Å². The van der Waals surface area contributed by atoms with Crippen molar-refractivity contribution in [2.24, 2.45) is 5.73 Å². The van der Waals surface area contributed by atoms with Gasteiger partial charge in [-0.25, -0.2) is 4.79 Å². The fraction of sp³-hybridized carbons (Fsp3) is 0.600. The highest BCUT2D eigenvalue weighted by Crippen LogP contribution is 2.00. The van der Waals surface area contributed by atoms with Crippen LogP contribution in [-0.2, 0) is 12.6 Å². The van der Waals surface area contributed by atoms with Crippen LogP contribution in [0.25, 0.3) is 0 Å². The average molecular weight is 259 g/mol. The monoisotopic (exact) mass is 259 g/mol. The number of hydrogen-bond donors (Lipinski definition) is 1. The normalized spacial score (nSPS) is 12.6. The molecular formula is C5H10INO3. The van der Waals surface area contributed by atoms with Gasteiger partial charge in [0.05, 0.1) is 0 Å². The van der Waals surface area contributed by atoms with Crippen LogP contribution in [-0.4, -0.2) is 30.2 Å². The maximum Gasteiger partial charge on any atom is 0.345 e. The van der Waals surface area contributed by atoms with Crippen LogP contribution in [0, 0.1) is 0 Å². The summed E-state index contributed by atoms with van der Waals surface area (Å²) in [6.07, 6.45) is -0.624. The Balaban J connectivity index is 3.76. The van der Waals surface area contributed by atoms with Crippen molar-refractivity contribution in [2.45, 2.75) is 6.10 Å². The second kappa shape index (κ2) is 5.75. The Hall–Kier alpha value is -0.0100. The molecule has 60 valence electrons. The van der Waals surface area contributed by atoms with Crippen LogP contribution >= 0.6 is 21.1 Å². The van der Waals surface area contributed by atoms with E-state index in [0.29, 0.717) is 0 Å². The fourth-order valence-corrected chi connectivity index (χ4v) is 0.983. The second-order valence-electron chi connectivity index (χ2n) is 1.47. The van der Waals surface area contributed by atoms with Gasteiger partial charge in [0.2, 0.25) is 0 Å². The Kier molecular flexibility index (Phi) is 5.74. The van der Waals surface area contributed by atoms with Gasteiger partial charge in [0.15, 0.2) is 6.10 Å². The summed E-state index contributed by atoms with van der Waals surface area (Å²) in [5.74, 6) is -0.409. The highest BCUT2D eigenvalue weighted by molar-refractivity contribution is 14.2. The van der Waals surface area contributed by atoms with E-state index in [1.54, 1.807) is 0 Å². The van der Waals surface area contributed by atoms with Gasteiger partial charge in [-0.05, 0) is 4.51 Å². The molecule has 4 nitrogen and oxygen atoms in total. The zero-order valence-corrected chi connectivity index (χ0v) is 7.83. The lowest BCUT2D eigenvalue weighted by Crippen LogP contribution is -2.31. The van der Waals surface area contributed by atoms with E-state index in [9.17, 15) is 4.79 Å². The van der Waals surface area contributed by atoms with Crippen molar-refractivity contribution in [1.29, 1.82) is 0 Å². The van der Waals surface area contributed by atoms with Crippen molar-refractivity contribution < 1.29 is 12.6 Å². The Labute approximate surface area is 70.0 Å². The molecule has 0 rings (SSSR count). The third-order valence-electron chi connectivity index (χ3n) is 0.892. The molecular weight excluding hydrogens is 249 g/mol. The molecule has 0 aliphatic carbocycles. The first-order chi connectivity index (χ1) is 4.76. The summed E-state index contributed by atoms with van der Waals surface area (Å²) in [6, 6.07) is 0. The largest absolute Gasteiger partial charge is 0.402 e. The number of ether oxygens (including phenoxy) is 1. The van der Waals surface area contributed by atoms with Gasteiger partial charge in [0.1, 0.15) is 21.1 Å². The van der Waals surface area contributed by atoms with Gasteiger partial charge in [-0.2, -0.15) is 0 Å². The molecule has 0 aromatic carbocycles. The summed E-state index contributed by atoms with van der Waals surface area (Å²) >= 11 is -0.714. The van der Waals surface area contributed by atoms with Crippen molar-refractivity contribution in [3.63, 3.8) is 0 Å². The maximum atomic E-state index is 10.8. The van der Waals surface area contributed by atoms with E-state index in [0.717, 1.165) is 0 Å². The van der Waals surface area contributed by atoms with E-state index >= 15 is 0 Å². The summed E-state index contributed by atoms with van der Waals surface area (Å²) < 4.78 is 12.8. The minimum Gasteiger partial charge on any atom is -0.402 e. The van der Waals surface area contributed by atoms with Crippen LogP contribution in [0.3, 0.4) is 0 Å². The topological polar surface area (TPSA) is 61.5 Å². The molecule has 0 saturated carbocycles. The van der Waals surface area contributed by atoms with Gasteiger partial charge in [0, 0.05) is 13.7 Å². The first kappa shape index (κ1) is 9.99. The number of rotatable bonds is 4. The summed E-state index contributed by atoms with van der Waals surface area (Å²) in [5, 5.41) is 0. The fourth-order valence-electron chi connectivity index (χ4n) is 0.392. The van der Waals surface area contributed by atoms with E-state index in [4.69, 9.17) is 10.5 Å². The van der Waals surface area contributed by atoms with Gasteiger partial charge in [0.25, 0.3) is 0 Å². The lowest BCUT2D eigenvalue weighted by Gasteiger charge is -2.07. The molecule has 0 aromatic heterocycles. The molecule has 0 aliphatic rings. The maximum absolute atomic E-state index is 10.8. The van der Waals surface area contributed by atoms with E-state index in [-0.39, 0.29) is 6.54 Å². The van der Waals surface area contributed by atoms with Crippen molar-refractivity contribution in [1.82, 2.24) is 0 Å². The molecule has 1 atom stereocenters. The van der Waals surface area contributed by atoms with Crippen molar-refractivity contribution in [3.05, 3.63) is 0 Å². The second-order valence-corrected chi connectivity index (χ2v) is 2.53. The van der Waals surface area contributed by atoms with Crippen LogP contribution in [0.15, 0.2) is 0 Å². The number of methoxy groups -OCH3 is 1. The minimum atomic E-state index is -0.714. The first-order valence-electron chi connectivity index (χ1n) is 2.58. The van der Waals surface area contributed by atoms with Crippen molar-refractivity contribution in [2.75, 3.05) is 13.7 Å². The Morgan fingerprint density at radius 2 is 2.50 bits per heavy atom. The van der Waals surface area contributed by atoms with Crippen molar-refractivity contribution in [3.8, 4) is 0 Å². The molecule has 1 unspecified atom stereocenters. The van der Waals surface area contributed by atoms with E-state index < -0.39 is 33.2 Å². The molecule has 0 radical (unpaired) electrons. The number of halogens is 1. The minimum absolute atomic E-state index is 0.152. The molecule has 5 heteroatoms. The summed E-state index contributed by atoms with van der Waals surface area (Å²) in [5.41, 5.74) is 5.18. The molecule has 2 N–H and O–H groups in total. The summed E-state index contributed by atoms with van der Waals surface area (Å²) in [6.45, 7) is 0.152. The Morgan fingerprint density at radius 1 is 1.90 bits per heavy atom. The van der Waals surface area contributed by atoms with Gasteiger partial charge >= 0.3 is 5.97 Å². The third-order valence-corrected chi connectivity index (χ3v) is 1.64. The lowest BCUT2D eigenvalue weighted by molar-refractivity contribution is -0.141. The molecule has 0 bridgehead atoms. The van der Waals surface area contributed by atoms with Gasteiger partial charge in [-0.15, -0.1) is 0 Å². The van der Waals surface area contributed by atoms with Crippen molar-refractivity contribution >= 4 is 31.6 Å².